The first kappa shape index (κ1) is 26.0. The van der Waals surface area contributed by atoms with Gasteiger partial charge in [-0.25, -0.2) is 8.78 Å². The van der Waals surface area contributed by atoms with E-state index >= 15 is 4.39 Å². The minimum atomic E-state index is -4.94. The Morgan fingerprint density at radius 1 is 1.09 bits per heavy atom. The monoisotopic (exact) mass is 499 g/mol. The molecule has 1 heterocycles. The Morgan fingerprint density at radius 3 is 2.14 bits per heavy atom. The summed E-state index contributed by atoms with van der Waals surface area (Å²) in [6, 6.07) is 4.57. The maximum Gasteiger partial charge on any atom is 0.573 e. The fourth-order valence-electron chi connectivity index (χ4n) is 4.05. The van der Waals surface area contributed by atoms with Crippen LogP contribution in [-0.2, 0) is 4.79 Å². The Labute approximate surface area is 196 Å². The van der Waals surface area contributed by atoms with Gasteiger partial charge in [0.1, 0.15) is 5.75 Å². The van der Waals surface area contributed by atoms with Gasteiger partial charge in [0.25, 0.3) is 5.91 Å². The van der Waals surface area contributed by atoms with Gasteiger partial charge in [0, 0.05) is 22.7 Å². The fourth-order valence-corrected chi connectivity index (χ4v) is 4.05. The normalized spacial score (nSPS) is 13.2. The standard InChI is InChI=1S/C24H22F5NO5/c1-11-17(14(22(33)34)10-23(2,3)4)18-16(9-15(25)20(31)19(18)26)30(11)21(32)12-5-7-13(8-6-12)35-24(27,28)29/h5-9,14,31H,10H2,1-4H3,(H,33,34)/t14-/m0/s1. The summed E-state index contributed by atoms with van der Waals surface area (Å²) in [5.41, 5.74) is -1.14. The van der Waals surface area contributed by atoms with Crippen molar-refractivity contribution in [1.29, 1.82) is 0 Å². The zero-order valence-corrected chi connectivity index (χ0v) is 19.1. The second-order valence-electron chi connectivity index (χ2n) is 9.28. The molecule has 0 spiro atoms. The molecule has 3 rings (SSSR count). The Kier molecular flexibility index (Phi) is 6.58. The molecule has 3 aromatic rings. The maximum absolute atomic E-state index is 15.1. The van der Waals surface area contributed by atoms with E-state index in [-0.39, 0.29) is 28.8 Å². The van der Waals surface area contributed by atoms with Crippen molar-refractivity contribution in [3.8, 4) is 11.5 Å². The van der Waals surface area contributed by atoms with Crippen LogP contribution in [0.2, 0.25) is 0 Å². The number of halogens is 5. The molecule has 2 aromatic carbocycles. The van der Waals surface area contributed by atoms with E-state index < -0.39 is 58.1 Å². The number of alkyl halides is 3. The van der Waals surface area contributed by atoms with Gasteiger partial charge in [-0.15, -0.1) is 13.2 Å². The van der Waals surface area contributed by atoms with Crippen LogP contribution >= 0.6 is 0 Å². The van der Waals surface area contributed by atoms with Crippen LogP contribution in [0.15, 0.2) is 30.3 Å². The molecular formula is C24H22F5NO5. The second kappa shape index (κ2) is 8.86. The molecule has 2 N–H and O–H groups in total. The summed E-state index contributed by atoms with van der Waals surface area (Å²) in [6.07, 6.45) is -4.92. The van der Waals surface area contributed by atoms with E-state index in [4.69, 9.17) is 0 Å². The molecule has 0 aliphatic rings. The summed E-state index contributed by atoms with van der Waals surface area (Å²) >= 11 is 0. The molecule has 11 heteroatoms. The Balaban J connectivity index is 2.26. The lowest BCUT2D eigenvalue weighted by Gasteiger charge is -2.24. The van der Waals surface area contributed by atoms with Gasteiger partial charge >= 0.3 is 12.3 Å². The highest BCUT2D eigenvalue weighted by Gasteiger charge is 2.35. The lowest BCUT2D eigenvalue weighted by atomic mass is 9.80. The number of nitrogens with zero attached hydrogens (tertiary/aromatic N) is 1. The third-order valence-electron chi connectivity index (χ3n) is 5.41. The summed E-state index contributed by atoms with van der Waals surface area (Å²) in [6.45, 7) is 6.64. The van der Waals surface area contributed by atoms with Crippen LogP contribution in [0.25, 0.3) is 10.9 Å². The zero-order chi connectivity index (χ0) is 26.5. The number of aromatic nitrogens is 1. The van der Waals surface area contributed by atoms with Gasteiger partial charge in [-0.3, -0.25) is 14.2 Å². The van der Waals surface area contributed by atoms with E-state index in [0.717, 1.165) is 28.8 Å². The lowest BCUT2D eigenvalue weighted by Crippen LogP contribution is -2.21. The number of hydrogen-bond donors (Lipinski definition) is 2. The number of phenols is 1. The molecule has 0 unspecified atom stereocenters. The first-order chi connectivity index (χ1) is 16.0. The van der Waals surface area contributed by atoms with Crippen LogP contribution in [0.4, 0.5) is 22.0 Å². The van der Waals surface area contributed by atoms with Crippen LogP contribution in [-0.4, -0.2) is 33.0 Å². The highest BCUT2D eigenvalue weighted by atomic mass is 19.4. The molecule has 0 fully saturated rings. The molecular weight excluding hydrogens is 477 g/mol. The molecule has 6 nitrogen and oxygen atoms in total. The summed E-state index contributed by atoms with van der Waals surface area (Å²) in [5.74, 6) is -8.19. The Hall–Kier alpha value is -3.63. The van der Waals surface area contributed by atoms with Crippen molar-refractivity contribution in [2.45, 2.75) is 46.4 Å². The number of phenolic OH excluding ortho intramolecular Hbond substituents is 1. The number of rotatable bonds is 5. The molecule has 1 aromatic heterocycles. The predicted molar refractivity (Wildman–Crippen MR) is 116 cm³/mol. The van der Waals surface area contributed by atoms with Crippen LogP contribution in [0.3, 0.4) is 0 Å². The molecule has 0 amide bonds. The van der Waals surface area contributed by atoms with Crippen molar-refractivity contribution in [3.63, 3.8) is 0 Å². The molecule has 0 saturated heterocycles. The van der Waals surface area contributed by atoms with Crippen molar-refractivity contribution in [2.75, 3.05) is 0 Å². The highest BCUT2D eigenvalue weighted by Crippen LogP contribution is 2.42. The molecule has 0 saturated carbocycles. The molecule has 1 atom stereocenters. The van der Waals surface area contributed by atoms with Crippen molar-refractivity contribution in [1.82, 2.24) is 4.57 Å². The number of carboxylic acid groups (broad SMARTS) is 1. The summed E-state index contributed by atoms with van der Waals surface area (Å²) < 4.78 is 71.3. The number of ether oxygens (including phenoxy) is 1. The molecule has 0 aliphatic heterocycles. The van der Waals surface area contributed by atoms with E-state index in [0.29, 0.717) is 6.07 Å². The van der Waals surface area contributed by atoms with Crippen molar-refractivity contribution >= 4 is 22.8 Å². The van der Waals surface area contributed by atoms with E-state index in [1.807, 2.05) is 0 Å². The average molecular weight is 499 g/mol. The van der Waals surface area contributed by atoms with Crippen LogP contribution < -0.4 is 4.74 Å². The summed E-state index contributed by atoms with van der Waals surface area (Å²) in [5, 5.41) is 19.4. The number of carbonyl (C=O) groups is 2. The van der Waals surface area contributed by atoms with E-state index in [1.54, 1.807) is 20.8 Å². The third kappa shape index (κ3) is 5.23. The molecule has 0 bridgehead atoms. The van der Waals surface area contributed by atoms with Crippen molar-refractivity contribution in [2.24, 2.45) is 5.41 Å². The molecule has 35 heavy (non-hydrogen) atoms. The van der Waals surface area contributed by atoms with E-state index in [2.05, 4.69) is 4.74 Å². The van der Waals surface area contributed by atoms with Gasteiger partial charge < -0.3 is 14.9 Å². The van der Waals surface area contributed by atoms with Gasteiger partial charge in [-0.2, -0.15) is 0 Å². The predicted octanol–water partition coefficient (Wildman–Crippen LogP) is 6.13. The zero-order valence-electron chi connectivity index (χ0n) is 19.1. The van der Waals surface area contributed by atoms with E-state index in [9.17, 15) is 37.4 Å². The maximum atomic E-state index is 15.1. The van der Waals surface area contributed by atoms with Crippen LogP contribution in [0.5, 0.6) is 11.5 Å². The number of aromatic hydroxyl groups is 1. The lowest BCUT2D eigenvalue weighted by molar-refractivity contribution is -0.274. The van der Waals surface area contributed by atoms with Gasteiger partial charge in [0.2, 0.25) is 0 Å². The van der Waals surface area contributed by atoms with Gasteiger partial charge in [0.15, 0.2) is 17.4 Å². The fraction of sp³-hybridized carbons (Fsp3) is 0.333. The molecule has 0 radical (unpaired) electrons. The number of fused-ring (bicyclic) bond motifs is 1. The minimum absolute atomic E-state index is 0.0128. The average Bonchev–Trinajstić information content (AvgIpc) is 3.00. The first-order valence-corrected chi connectivity index (χ1v) is 10.4. The van der Waals surface area contributed by atoms with Crippen LogP contribution in [0.1, 0.15) is 54.7 Å². The number of benzene rings is 2. The van der Waals surface area contributed by atoms with Crippen LogP contribution in [0, 0.1) is 24.0 Å². The summed E-state index contributed by atoms with van der Waals surface area (Å²) in [4.78, 5) is 25.5. The van der Waals surface area contributed by atoms with Crippen molar-refractivity contribution < 1.29 is 46.5 Å². The SMILES string of the molecule is Cc1c([C@H](CC(C)(C)C)C(=O)O)c2c(F)c(O)c(F)cc2n1C(=O)c1ccc(OC(F)(F)F)cc1. The highest BCUT2D eigenvalue weighted by molar-refractivity contribution is 6.05. The first-order valence-electron chi connectivity index (χ1n) is 10.4. The van der Waals surface area contributed by atoms with E-state index in [1.165, 1.54) is 6.92 Å². The smallest absolute Gasteiger partial charge is 0.503 e. The quantitative estimate of drug-likeness (QED) is 0.413. The molecule has 0 aliphatic carbocycles. The Bertz CT molecular complexity index is 1300. The molecule has 188 valence electrons. The largest absolute Gasteiger partial charge is 0.573 e. The minimum Gasteiger partial charge on any atom is -0.503 e. The van der Waals surface area contributed by atoms with Gasteiger partial charge in [-0.1, -0.05) is 20.8 Å². The van der Waals surface area contributed by atoms with Gasteiger partial charge in [-0.05, 0) is 48.6 Å². The van der Waals surface area contributed by atoms with Crippen molar-refractivity contribution in [3.05, 3.63) is 58.8 Å². The topological polar surface area (TPSA) is 88.8 Å². The number of hydrogen-bond acceptors (Lipinski definition) is 4. The third-order valence-corrected chi connectivity index (χ3v) is 5.41. The number of carboxylic acids is 1. The second-order valence-corrected chi connectivity index (χ2v) is 9.28. The number of carbonyl (C=O) groups excluding carboxylic acids is 1. The number of aliphatic carboxylic acids is 1. The Morgan fingerprint density at radius 2 is 1.66 bits per heavy atom. The van der Waals surface area contributed by atoms with Gasteiger partial charge in [0.05, 0.1) is 11.4 Å². The summed E-state index contributed by atoms with van der Waals surface area (Å²) in [7, 11) is 0.